The first kappa shape index (κ1) is 12.1. The van der Waals surface area contributed by atoms with E-state index in [0.717, 1.165) is 24.2 Å². The van der Waals surface area contributed by atoms with E-state index in [1.54, 1.807) is 18.9 Å². The second-order valence-electron chi connectivity index (χ2n) is 4.42. The first-order valence-corrected chi connectivity index (χ1v) is 5.81. The number of nitrogens with zero attached hydrogens (tertiary/aromatic N) is 1. The van der Waals surface area contributed by atoms with Gasteiger partial charge in [0.2, 0.25) is 5.91 Å². The molecule has 2 N–H and O–H groups in total. The van der Waals surface area contributed by atoms with Crippen LogP contribution in [0.1, 0.15) is 18.1 Å². The van der Waals surface area contributed by atoms with Crippen LogP contribution < -0.4 is 10.6 Å². The Morgan fingerprint density at radius 2 is 2.35 bits per heavy atom. The molecule has 2 rings (SSSR count). The molecular weight excluding hydrogens is 216 g/mol. The summed E-state index contributed by atoms with van der Waals surface area (Å²) in [6.45, 7) is 3.01. The SMILES string of the molecule is COCc1ccc2c(c1)N(C(=O)[C@H](C)N)CC2. The van der Waals surface area contributed by atoms with Gasteiger partial charge in [-0.25, -0.2) is 0 Å². The van der Waals surface area contributed by atoms with E-state index < -0.39 is 6.04 Å². The highest BCUT2D eigenvalue weighted by molar-refractivity contribution is 5.98. The lowest BCUT2D eigenvalue weighted by Gasteiger charge is -2.20. The maximum Gasteiger partial charge on any atom is 0.243 e. The monoisotopic (exact) mass is 234 g/mol. The van der Waals surface area contributed by atoms with Crippen molar-refractivity contribution in [2.45, 2.75) is 26.0 Å². The van der Waals surface area contributed by atoms with E-state index in [0.29, 0.717) is 6.61 Å². The summed E-state index contributed by atoms with van der Waals surface area (Å²) in [6, 6.07) is 5.68. The minimum Gasteiger partial charge on any atom is -0.380 e. The zero-order valence-corrected chi connectivity index (χ0v) is 10.3. The summed E-state index contributed by atoms with van der Waals surface area (Å²) in [7, 11) is 1.66. The lowest BCUT2D eigenvalue weighted by Crippen LogP contribution is -2.41. The van der Waals surface area contributed by atoms with Gasteiger partial charge in [-0.3, -0.25) is 4.79 Å². The summed E-state index contributed by atoms with van der Waals surface area (Å²) in [5, 5.41) is 0. The van der Waals surface area contributed by atoms with Crippen molar-refractivity contribution in [3.8, 4) is 0 Å². The third-order valence-corrected chi connectivity index (χ3v) is 3.01. The highest BCUT2D eigenvalue weighted by Gasteiger charge is 2.26. The van der Waals surface area contributed by atoms with Crippen molar-refractivity contribution in [2.75, 3.05) is 18.6 Å². The van der Waals surface area contributed by atoms with Crippen LogP contribution in [0.2, 0.25) is 0 Å². The number of anilines is 1. The molecule has 0 fully saturated rings. The van der Waals surface area contributed by atoms with Crippen molar-refractivity contribution in [2.24, 2.45) is 5.73 Å². The van der Waals surface area contributed by atoms with Crippen molar-refractivity contribution in [1.82, 2.24) is 0 Å². The van der Waals surface area contributed by atoms with E-state index in [-0.39, 0.29) is 5.91 Å². The molecular formula is C13H18N2O2. The van der Waals surface area contributed by atoms with Crippen LogP contribution in [0.3, 0.4) is 0 Å². The van der Waals surface area contributed by atoms with E-state index >= 15 is 0 Å². The largest absolute Gasteiger partial charge is 0.380 e. The van der Waals surface area contributed by atoms with Gasteiger partial charge in [0, 0.05) is 19.3 Å². The summed E-state index contributed by atoms with van der Waals surface area (Å²) < 4.78 is 5.10. The fourth-order valence-electron chi connectivity index (χ4n) is 2.16. The van der Waals surface area contributed by atoms with Gasteiger partial charge in [0.25, 0.3) is 0 Å². The van der Waals surface area contributed by atoms with Gasteiger partial charge in [0.05, 0.1) is 12.6 Å². The van der Waals surface area contributed by atoms with Crippen LogP contribution in [-0.2, 0) is 22.6 Å². The Kier molecular flexibility index (Phi) is 3.45. The molecule has 0 spiro atoms. The predicted molar refractivity (Wildman–Crippen MR) is 66.9 cm³/mol. The third-order valence-electron chi connectivity index (χ3n) is 3.01. The van der Waals surface area contributed by atoms with E-state index in [2.05, 4.69) is 6.07 Å². The maximum atomic E-state index is 11.9. The molecule has 1 aromatic rings. The Morgan fingerprint density at radius 3 is 3.00 bits per heavy atom. The molecule has 1 aliphatic heterocycles. The fourth-order valence-corrected chi connectivity index (χ4v) is 2.16. The van der Waals surface area contributed by atoms with Gasteiger partial charge in [0.1, 0.15) is 0 Å². The second kappa shape index (κ2) is 4.85. The van der Waals surface area contributed by atoms with Crippen LogP contribution in [0.5, 0.6) is 0 Å². The third kappa shape index (κ3) is 2.33. The summed E-state index contributed by atoms with van der Waals surface area (Å²) in [5.41, 5.74) is 8.93. The molecule has 4 nitrogen and oxygen atoms in total. The fraction of sp³-hybridized carbons (Fsp3) is 0.462. The minimum atomic E-state index is -0.452. The molecule has 0 unspecified atom stereocenters. The van der Waals surface area contributed by atoms with E-state index in [4.69, 9.17) is 10.5 Å². The molecule has 0 bridgehead atoms. The Hall–Kier alpha value is -1.39. The number of rotatable bonds is 3. The lowest BCUT2D eigenvalue weighted by molar-refractivity contribution is -0.119. The van der Waals surface area contributed by atoms with Crippen molar-refractivity contribution in [3.05, 3.63) is 29.3 Å². The van der Waals surface area contributed by atoms with Gasteiger partial charge in [0.15, 0.2) is 0 Å². The number of ether oxygens (including phenoxy) is 1. The smallest absolute Gasteiger partial charge is 0.243 e. The molecule has 17 heavy (non-hydrogen) atoms. The zero-order valence-electron chi connectivity index (χ0n) is 10.3. The highest BCUT2D eigenvalue weighted by Crippen LogP contribution is 2.29. The van der Waals surface area contributed by atoms with E-state index in [9.17, 15) is 4.79 Å². The van der Waals surface area contributed by atoms with Gasteiger partial charge in [-0.1, -0.05) is 12.1 Å². The molecule has 0 aliphatic carbocycles. The number of benzene rings is 1. The quantitative estimate of drug-likeness (QED) is 0.851. The van der Waals surface area contributed by atoms with Crippen molar-refractivity contribution in [1.29, 1.82) is 0 Å². The van der Waals surface area contributed by atoms with Gasteiger partial charge in [-0.15, -0.1) is 0 Å². The Labute approximate surface area is 101 Å². The number of fused-ring (bicyclic) bond motifs is 1. The normalized spacial score (nSPS) is 15.8. The summed E-state index contributed by atoms with van der Waals surface area (Å²) in [6.07, 6.45) is 0.904. The van der Waals surface area contributed by atoms with Crippen LogP contribution in [0.25, 0.3) is 0 Å². The number of hydrogen-bond acceptors (Lipinski definition) is 3. The first-order chi connectivity index (χ1) is 8.13. The summed E-state index contributed by atoms with van der Waals surface area (Å²) in [4.78, 5) is 13.7. The highest BCUT2D eigenvalue weighted by atomic mass is 16.5. The van der Waals surface area contributed by atoms with Crippen LogP contribution >= 0.6 is 0 Å². The zero-order chi connectivity index (χ0) is 12.4. The molecule has 1 amide bonds. The Balaban J connectivity index is 2.29. The molecule has 0 aromatic heterocycles. The molecule has 4 heteroatoms. The average molecular weight is 234 g/mol. The summed E-state index contributed by atoms with van der Waals surface area (Å²) >= 11 is 0. The Morgan fingerprint density at radius 1 is 1.59 bits per heavy atom. The molecule has 1 aliphatic rings. The van der Waals surface area contributed by atoms with E-state index in [1.807, 2.05) is 12.1 Å². The molecule has 92 valence electrons. The summed E-state index contributed by atoms with van der Waals surface area (Å²) in [5.74, 6) is -0.0154. The maximum absolute atomic E-state index is 11.9. The number of amides is 1. The van der Waals surface area contributed by atoms with Gasteiger partial charge in [-0.2, -0.15) is 0 Å². The number of carbonyl (C=O) groups excluding carboxylic acids is 1. The average Bonchev–Trinajstić information content (AvgIpc) is 2.71. The predicted octanol–water partition coefficient (Wildman–Crippen LogP) is 1.07. The van der Waals surface area contributed by atoms with Crippen LogP contribution in [0, 0.1) is 0 Å². The van der Waals surface area contributed by atoms with Crippen molar-refractivity contribution >= 4 is 11.6 Å². The molecule has 0 saturated carbocycles. The molecule has 0 saturated heterocycles. The second-order valence-corrected chi connectivity index (χ2v) is 4.42. The van der Waals surface area contributed by atoms with Crippen LogP contribution in [-0.4, -0.2) is 25.6 Å². The first-order valence-electron chi connectivity index (χ1n) is 5.81. The number of methoxy groups -OCH3 is 1. The lowest BCUT2D eigenvalue weighted by atomic mass is 10.1. The molecule has 1 aromatic carbocycles. The van der Waals surface area contributed by atoms with Gasteiger partial charge in [-0.05, 0) is 30.5 Å². The standard InChI is InChI=1S/C13H18N2O2/c1-9(14)13(16)15-6-5-11-4-3-10(8-17-2)7-12(11)15/h3-4,7,9H,5-6,8,14H2,1-2H3/t9-/m0/s1. The topological polar surface area (TPSA) is 55.6 Å². The Bertz CT molecular complexity index is 429. The van der Waals surface area contributed by atoms with Gasteiger partial charge >= 0.3 is 0 Å². The molecule has 1 heterocycles. The minimum absolute atomic E-state index is 0.0154. The van der Waals surface area contributed by atoms with Crippen molar-refractivity contribution in [3.63, 3.8) is 0 Å². The van der Waals surface area contributed by atoms with Gasteiger partial charge < -0.3 is 15.4 Å². The number of carbonyl (C=O) groups is 1. The van der Waals surface area contributed by atoms with E-state index in [1.165, 1.54) is 5.56 Å². The van der Waals surface area contributed by atoms with Crippen LogP contribution in [0.4, 0.5) is 5.69 Å². The van der Waals surface area contributed by atoms with Crippen molar-refractivity contribution < 1.29 is 9.53 Å². The van der Waals surface area contributed by atoms with Crippen LogP contribution in [0.15, 0.2) is 18.2 Å². The molecule has 1 atom stereocenters. The number of nitrogens with two attached hydrogens (primary N) is 1. The number of hydrogen-bond donors (Lipinski definition) is 1. The molecule has 0 radical (unpaired) electrons.